The van der Waals surface area contributed by atoms with E-state index in [1.807, 2.05) is 36.4 Å². The molecule has 0 radical (unpaired) electrons. The van der Waals surface area contributed by atoms with E-state index in [1.54, 1.807) is 4.90 Å². The minimum Gasteiger partial charge on any atom is -0.459 e. The number of anilines is 1. The first-order valence-corrected chi connectivity index (χ1v) is 12.5. The summed E-state index contributed by atoms with van der Waals surface area (Å²) in [5.41, 5.74) is 0.388. The lowest BCUT2D eigenvalue weighted by atomic mass is 9.85. The molecule has 2 N–H and O–H groups in total. The highest BCUT2D eigenvalue weighted by molar-refractivity contribution is 5.95. The molecule has 1 aromatic carbocycles. The zero-order valence-corrected chi connectivity index (χ0v) is 20.2. The fourth-order valence-electron chi connectivity index (χ4n) is 5.10. The highest BCUT2D eigenvalue weighted by atomic mass is 16.7. The third kappa shape index (κ3) is 5.08. The van der Waals surface area contributed by atoms with Crippen molar-refractivity contribution in [1.29, 1.82) is 0 Å². The first-order valence-electron chi connectivity index (χ1n) is 12.5. The number of benzene rings is 1. The molecule has 0 bridgehead atoms. The summed E-state index contributed by atoms with van der Waals surface area (Å²) >= 11 is 0. The predicted molar refractivity (Wildman–Crippen MR) is 129 cm³/mol. The molecule has 8 nitrogen and oxygen atoms in total. The van der Waals surface area contributed by atoms with E-state index in [0.717, 1.165) is 12.1 Å². The summed E-state index contributed by atoms with van der Waals surface area (Å²) in [7, 11) is 0. The number of carbonyl (C=O) groups excluding carboxylic acids is 2. The van der Waals surface area contributed by atoms with Gasteiger partial charge in [-0.1, -0.05) is 32.0 Å². The molecule has 3 aliphatic rings. The van der Waals surface area contributed by atoms with Crippen molar-refractivity contribution in [2.45, 2.75) is 57.8 Å². The minimum absolute atomic E-state index is 0.0350. The van der Waals surface area contributed by atoms with E-state index in [1.165, 1.54) is 0 Å². The summed E-state index contributed by atoms with van der Waals surface area (Å²) < 4.78 is 11.9. The second kappa shape index (κ2) is 10.8. The third-order valence-electron chi connectivity index (χ3n) is 7.29. The van der Waals surface area contributed by atoms with Crippen molar-refractivity contribution in [1.82, 2.24) is 10.2 Å². The summed E-state index contributed by atoms with van der Waals surface area (Å²) in [5.74, 6) is 0.813. The Morgan fingerprint density at radius 3 is 2.65 bits per heavy atom. The van der Waals surface area contributed by atoms with Crippen LogP contribution in [0.25, 0.3) is 0 Å². The van der Waals surface area contributed by atoms with Gasteiger partial charge in [0.1, 0.15) is 5.54 Å². The maximum atomic E-state index is 13.4. The molecule has 3 heterocycles. The number of aliphatic hydroxyl groups excluding tert-OH is 1. The molecule has 1 spiro atoms. The van der Waals surface area contributed by atoms with Crippen LogP contribution in [-0.4, -0.2) is 66.6 Å². The lowest BCUT2D eigenvalue weighted by molar-refractivity contribution is -0.157. The SMILES string of the molecule is CC(C)[C@@H]1C=C(C(=O)N2CCC3(CC2)C(=O)NCN3c2ccccc2)O[C@H](OCCCCO)C1. The molecule has 0 unspecified atom stereocenters. The van der Waals surface area contributed by atoms with Crippen LogP contribution < -0.4 is 10.2 Å². The number of aliphatic hydroxyl groups is 1. The van der Waals surface area contributed by atoms with E-state index in [0.29, 0.717) is 63.7 Å². The van der Waals surface area contributed by atoms with Crippen LogP contribution in [0.3, 0.4) is 0 Å². The standard InChI is InChI=1S/C26H37N3O5/c1-19(2)20-16-22(34-23(17-20)33-15-7-6-14-30)24(31)28-12-10-26(11-13-28)25(32)27-18-29(26)21-8-4-3-5-9-21/h3-5,8-9,16,19-20,23,30H,6-7,10-15,17-18H2,1-2H3,(H,27,32)/t20-,23+/m1/s1. The van der Waals surface area contributed by atoms with Crippen molar-refractivity contribution in [3.8, 4) is 0 Å². The number of hydrogen-bond acceptors (Lipinski definition) is 6. The highest BCUT2D eigenvalue weighted by Gasteiger charge is 2.51. The Balaban J connectivity index is 1.42. The van der Waals surface area contributed by atoms with Gasteiger partial charge in [0.15, 0.2) is 5.76 Å². The molecule has 2 amide bonds. The van der Waals surface area contributed by atoms with Crippen LogP contribution in [0.5, 0.6) is 0 Å². The van der Waals surface area contributed by atoms with Gasteiger partial charge >= 0.3 is 0 Å². The number of likely N-dealkylation sites (tertiary alicyclic amines) is 1. The van der Waals surface area contributed by atoms with Crippen molar-refractivity contribution >= 4 is 17.5 Å². The van der Waals surface area contributed by atoms with Crippen LogP contribution >= 0.6 is 0 Å². The molecular weight excluding hydrogens is 434 g/mol. The average molecular weight is 472 g/mol. The van der Waals surface area contributed by atoms with E-state index in [-0.39, 0.29) is 24.3 Å². The Bertz CT molecular complexity index is 880. The van der Waals surface area contributed by atoms with Crippen LogP contribution in [0.2, 0.25) is 0 Å². The van der Waals surface area contributed by atoms with Crippen LogP contribution in [0.15, 0.2) is 42.2 Å². The van der Waals surface area contributed by atoms with Gasteiger partial charge in [-0.3, -0.25) is 9.59 Å². The predicted octanol–water partition coefficient (Wildman–Crippen LogP) is 2.63. The van der Waals surface area contributed by atoms with Gasteiger partial charge in [0.25, 0.3) is 5.91 Å². The maximum absolute atomic E-state index is 13.4. The zero-order valence-electron chi connectivity index (χ0n) is 20.2. The number of para-hydroxylation sites is 1. The Hall–Kier alpha value is -2.58. The first-order chi connectivity index (χ1) is 16.4. The quantitative estimate of drug-likeness (QED) is 0.567. The molecular formula is C26H37N3O5. The average Bonchev–Trinajstić information content (AvgIpc) is 3.17. The van der Waals surface area contributed by atoms with Gasteiger partial charge < -0.3 is 29.7 Å². The zero-order chi connectivity index (χ0) is 24.1. The Morgan fingerprint density at radius 2 is 1.97 bits per heavy atom. The Labute approximate surface area is 201 Å². The molecule has 2 fully saturated rings. The highest BCUT2D eigenvalue weighted by Crippen LogP contribution is 2.37. The van der Waals surface area contributed by atoms with E-state index >= 15 is 0 Å². The van der Waals surface area contributed by atoms with Crippen molar-refractivity contribution in [3.05, 3.63) is 42.2 Å². The van der Waals surface area contributed by atoms with Crippen LogP contribution in [-0.2, 0) is 19.1 Å². The molecule has 0 saturated carbocycles. The molecule has 8 heteroatoms. The summed E-state index contributed by atoms with van der Waals surface area (Å²) in [6.07, 6.45) is 4.78. The Morgan fingerprint density at radius 1 is 1.24 bits per heavy atom. The van der Waals surface area contributed by atoms with E-state index in [2.05, 4.69) is 24.1 Å². The lowest BCUT2D eigenvalue weighted by Crippen LogP contribution is -2.57. The smallest absolute Gasteiger partial charge is 0.288 e. The topological polar surface area (TPSA) is 91.3 Å². The number of unbranched alkanes of at least 4 members (excludes halogenated alkanes) is 1. The first kappa shape index (κ1) is 24.5. The summed E-state index contributed by atoms with van der Waals surface area (Å²) in [5, 5.41) is 12.0. The molecule has 1 aromatic rings. The van der Waals surface area contributed by atoms with Crippen molar-refractivity contribution in [2.24, 2.45) is 11.8 Å². The van der Waals surface area contributed by atoms with Crippen LogP contribution in [0.1, 0.15) is 46.0 Å². The van der Waals surface area contributed by atoms with E-state index in [9.17, 15) is 9.59 Å². The van der Waals surface area contributed by atoms with Gasteiger partial charge in [-0.25, -0.2) is 0 Å². The van der Waals surface area contributed by atoms with Crippen LogP contribution in [0, 0.1) is 11.8 Å². The number of hydrogen-bond donors (Lipinski definition) is 2. The van der Waals surface area contributed by atoms with Crippen LogP contribution in [0.4, 0.5) is 5.69 Å². The molecule has 0 aliphatic carbocycles. The third-order valence-corrected chi connectivity index (χ3v) is 7.29. The van der Waals surface area contributed by atoms with E-state index in [4.69, 9.17) is 14.6 Å². The van der Waals surface area contributed by atoms with Gasteiger partial charge in [-0.05, 0) is 55.7 Å². The molecule has 2 saturated heterocycles. The largest absolute Gasteiger partial charge is 0.459 e. The number of amides is 2. The molecule has 4 rings (SSSR count). The number of piperidine rings is 1. The fourth-order valence-corrected chi connectivity index (χ4v) is 5.10. The summed E-state index contributed by atoms with van der Waals surface area (Å²) in [6.45, 7) is 6.38. The van der Waals surface area contributed by atoms with E-state index < -0.39 is 11.8 Å². The second-order valence-corrected chi connectivity index (χ2v) is 9.77. The second-order valence-electron chi connectivity index (χ2n) is 9.77. The molecule has 3 aliphatic heterocycles. The number of carbonyl (C=O) groups is 2. The molecule has 2 atom stereocenters. The van der Waals surface area contributed by atoms with Crippen molar-refractivity contribution in [3.63, 3.8) is 0 Å². The normalized spacial score (nSPS) is 24.2. The van der Waals surface area contributed by atoms with Gasteiger partial charge in [0.2, 0.25) is 12.2 Å². The van der Waals surface area contributed by atoms with Gasteiger partial charge in [0.05, 0.1) is 13.3 Å². The summed E-state index contributed by atoms with van der Waals surface area (Å²) in [4.78, 5) is 30.2. The lowest BCUT2D eigenvalue weighted by Gasteiger charge is -2.43. The van der Waals surface area contributed by atoms with Crippen molar-refractivity contribution in [2.75, 3.05) is 37.9 Å². The molecule has 0 aromatic heterocycles. The molecule has 34 heavy (non-hydrogen) atoms. The number of ether oxygens (including phenoxy) is 2. The van der Waals surface area contributed by atoms with Crippen molar-refractivity contribution < 1.29 is 24.2 Å². The minimum atomic E-state index is -0.626. The number of rotatable bonds is 8. The van der Waals surface area contributed by atoms with Gasteiger partial charge in [-0.15, -0.1) is 0 Å². The maximum Gasteiger partial charge on any atom is 0.288 e. The van der Waals surface area contributed by atoms with Gasteiger partial charge in [0, 0.05) is 31.8 Å². The summed E-state index contributed by atoms with van der Waals surface area (Å²) in [6, 6.07) is 9.96. The monoisotopic (exact) mass is 471 g/mol. The fraction of sp³-hybridized carbons (Fsp3) is 0.615. The number of nitrogens with zero attached hydrogens (tertiary/aromatic N) is 2. The number of nitrogens with one attached hydrogen (secondary N) is 1. The molecule has 186 valence electrons. The van der Waals surface area contributed by atoms with Gasteiger partial charge in [-0.2, -0.15) is 0 Å². The Kier molecular flexibility index (Phi) is 7.78. The number of allylic oxidation sites excluding steroid dienone is 1.